The maximum atomic E-state index is 13.1. The summed E-state index contributed by atoms with van der Waals surface area (Å²) in [5.74, 6) is 0.172. The van der Waals surface area contributed by atoms with Crippen molar-refractivity contribution >= 4 is 17.2 Å². The van der Waals surface area contributed by atoms with Crippen LogP contribution in [-0.2, 0) is 17.8 Å². The van der Waals surface area contributed by atoms with E-state index in [9.17, 15) is 4.79 Å². The second-order valence-corrected chi connectivity index (χ2v) is 8.59. The van der Waals surface area contributed by atoms with Crippen molar-refractivity contribution in [2.75, 3.05) is 19.6 Å². The van der Waals surface area contributed by atoms with E-state index in [1.165, 1.54) is 16.7 Å². The zero-order chi connectivity index (χ0) is 20.1. The lowest BCUT2D eigenvalue weighted by atomic mass is 9.79. The van der Waals surface area contributed by atoms with Crippen LogP contribution in [0.3, 0.4) is 0 Å². The fourth-order valence-electron chi connectivity index (χ4n) is 4.21. The predicted molar refractivity (Wildman–Crippen MR) is 119 cm³/mol. The number of carbonyl (C=O) groups excluding carboxylic acids is 1. The summed E-state index contributed by atoms with van der Waals surface area (Å²) in [4.78, 5) is 19.9. The standard InChI is InChI=1S/C24H27N3OS/c1-2-25-23(28)24(11-13-27(18-24)16-22-5-3-4-12-26-22)15-19-6-8-20(9-7-19)21-10-14-29-17-21/h3-10,12,14,17H,2,11,13,15-16,18H2,1H3,(H,25,28). The van der Waals surface area contributed by atoms with Crippen molar-refractivity contribution in [3.63, 3.8) is 0 Å². The first kappa shape index (κ1) is 19.8. The molecular weight excluding hydrogens is 378 g/mol. The number of benzene rings is 1. The maximum Gasteiger partial charge on any atom is 0.227 e. The van der Waals surface area contributed by atoms with Gasteiger partial charge in [0.05, 0.1) is 11.1 Å². The Kier molecular flexibility index (Phi) is 6.07. The highest BCUT2D eigenvalue weighted by Gasteiger charge is 2.44. The molecule has 29 heavy (non-hydrogen) atoms. The molecule has 1 aliphatic rings. The smallest absolute Gasteiger partial charge is 0.227 e. The number of hydrogen-bond acceptors (Lipinski definition) is 4. The van der Waals surface area contributed by atoms with Gasteiger partial charge in [0.1, 0.15) is 0 Å². The molecule has 150 valence electrons. The van der Waals surface area contributed by atoms with E-state index >= 15 is 0 Å². The first-order valence-corrected chi connectivity index (χ1v) is 11.1. The molecule has 0 aliphatic carbocycles. The normalized spacial score (nSPS) is 19.3. The van der Waals surface area contributed by atoms with E-state index in [2.05, 4.69) is 62.4 Å². The van der Waals surface area contributed by atoms with E-state index < -0.39 is 0 Å². The van der Waals surface area contributed by atoms with Gasteiger partial charge < -0.3 is 5.32 Å². The number of pyridine rings is 1. The van der Waals surface area contributed by atoms with Crippen molar-refractivity contribution in [2.45, 2.75) is 26.3 Å². The minimum atomic E-state index is -0.380. The van der Waals surface area contributed by atoms with Gasteiger partial charge in [-0.2, -0.15) is 11.3 Å². The number of nitrogens with zero attached hydrogens (tertiary/aromatic N) is 2. The van der Waals surface area contributed by atoms with Crippen molar-refractivity contribution in [1.29, 1.82) is 0 Å². The predicted octanol–water partition coefficient (Wildman–Crippen LogP) is 4.38. The number of hydrogen-bond donors (Lipinski definition) is 1. The minimum absolute atomic E-state index is 0.172. The molecule has 4 rings (SSSR count). The zero-order valence-electron chi connectivity index (χ0n) is 16.8. The van der Waals surface area contributed by atoms with Crippen molar-refractivity contribution in [2.24, 2.45) is 5.41 Å². The molecule has 1 aromatic carbocycles. The number of rotatable bonds is 7. The third kappa shape index (κ3) is 4.57. The van der Waals surface area contributed by atoms with Gasteiger partial charge in [-0.1, -0.05) is 30.3 Å². The molecule has 1 amide bonds. The quantitative estimate of drug-likeness (QED) is 0.634. The van der Waals surface area contributed by atoms with Crippen LogP contribution in [0.25, 0.3) is 11.1 Å². The van der Waals surface area contributed by atoms with Crippen LogP contribution in [0.2, 0.25) is 0 Å². The number of amides is 1. The molecule has 3 aromatic rings. The summed E-state index contributed by atoms with van der Waals surface area (Å²) in [6, 6.07) is 16.8. The molecule has 0 spiro atoms. The SMILES string of the molecule is CCNC(=O)C1(Cc2ccc(-c3ccsc3)cc2)CCN(Cc2ccccn2)C1. The Bertz CT molecular complexity index is 925. The largest absolute Gasteiger partial charge is 0.356 e. The maximum absolute atomic E-state index is 13.1. The van der Waals surface area contributed by atoms with E-state index in [1.54, 1.807) is 11.3 Å². The molecule has 1 atom stereocenters. The molecular formula is C24H27N3OS. The molecule has 5 heteroatoms. The Hall–Kier alpha value is -2.50. The van der Waals surface area contributed by atoms with Gasteiger partial charge >= 0.3 is 0 Å². The molecule has 0 bridgehead atoms. The zero-order valence-corrected chi connectivity index (χ0v) is 17.6. The molecule has 0 saturated carbocycles. The molecule has 1 aliphatic heterocycles. The molecule has 3 heterocycles. The number of aromatic nitrogens is 1. The Morgan fingerprint density at radius 2 is 2.03 bits per heavy atom. The van der Waals surface area contributed by atoms with Crippen LogP contribution < -0.4 is 5.32 Å². The summed E-state index contributed by atoms with van der Waals surface area (Å²) in [6.45, 7) is 5.13. The average molecular weight is 406 g/mol. The van der Waals surface area contributed by atoms with E-state index in [4.69, 9.17) is 0 Å². The van der Waals surface area contributed by atoms with Gasteiger partial charge in [0.2, 0.25) is 5.91 Å². The van der Waals surface area contributed by atoms with Crippen molar-refractivity contribution < 1.29 is 4.79 Å². The third-order valence-corrected chi connectivity index (χ3v) is 6.40. The summed E-state index contributed by atoms with van der Waals surface area (Å²) in [5.41, 5.74) is 4.37. The lowest BCUT2D eigenvalue weighted by Gasteiger charge is -2.28. The average Bonchev–Trinajstić information content (AvgIpc) is 3.41. The van der Waals surface area contributed by atoms with Gasteiger partial charge in [-0.3, -0.25) is 14.7 Å². The second kappa shape index (κ2) is 8.89. The van der Waals surface area contributed by atoms with Gasteiger partial charge in [0.15, 0.2) is 0 Å². The number of nitrogens with one attached hydrogen (secondary N) is 1. The molecule has 1 N–H and O–H groups in total. The fraction of sp³-hybridized carbons (Fsp3) is 0.333. The number of thiophene rings is 1. The lowest BCUT2D eigenvalue weighted by molar-refractivity contribution is -0.130. The second-order valence-electron chi connectivity index (χ2n) is 7.81. The van der Waals surface area contributed by atoms with E-state index in [-0.39, 0.29) is 11.3 Å². The van der Waals surface area contributed by atoms with Crippen LogP contribution >= 0.6 is 11.3 Å². The molecule has 1 fully saturated rings. The summed E-state index contributed by atoms with van der Waals surface area (Å²) >= 11 is 1.71. The highest BCUT2D eigenvalue weighted by Crippen LogP contribution is 2.36. The highest BCUT2D eigenvalue weighted by atomic mass is 32.1. The summed E-state index contributed by atoms with van der Waals surface area (Å²) in [5, 5.41) is 7.35. The Morgan fingerprint density at radius 3 is 2.72 bits per heavy atom. The number of carbonyl (C=O) groups is 1. The van der Waals surface area contributed by atoms with Gasteiger partial charge in [0.25, 0.3) is 0 Å². The van der Waals surface area contributed by atoms with Gasteiger partial charge in [-0.25, -0.2) is 0 Å². The molecule has 4 nitrogen and oxygen atoms in total. The molecule has 0 radical (unpaired) electrons. The van der Waals surface area contributed by atoms with Gasteiger partial charge in [-0.05, 0) is 72.0 Å². The van der Waals surface area contributed by atoms with Gasteiger partial charge in [-0.15, -0.1) is 0 Å². The van der Waals surface area contributed by atoms with Crippen LogP contribution in [0.1, 0.15) is 24.6 Å². The van der Waals surface area contributed by atoms with Crippen LogP contribution in [0.15, 0.2) is 65.5 Å². The van der Waals surface area contributed by atoms with Crippen LogP contribution in [0.5, 0.6) is 0 Å². The highest BCUT2D eigenvalue weighted by molar-refractivity contribution is 7.08. The van der Waals surface area contributed by atoms with Gasteiger partial charge in [0, 0.05) is 25.8 Å². The third-order valence-electron chi connectivity index (χ3n) is 5.71. The monoisotopic (exact) mass is 405 g/mol. The van der Waals surface area contributed by atoms with E-state index in [0.29, 0.717) is 6.54 Å². The number of likely N-dealkylation sites (tertiary alicyclic amines) is 1. The summed E-state index contributed by atoms with van der Waals surface area (Å²) < 4.78 is 0. The van der Waals surface area contributed by atoms with E-state index in [1.807, 2.05) is 25.3 Å². The van der Waals surface area contributed by atoms with Crippen molar-refractivity contribution in [3.8, 4) is 11.1 Å². The van der Waals surface area contributed by atoms with E-state index in [0.717, 1.165) is 38.2 Å². The summed E-state index contributed by atoms with van der Waals surface area (Å²) in [7, 11) is 0. The van der Waals surface area contributed by atoms with Crippen molar-refractivity contribution in [3.05, 3.63) is 76.7 Å². The summed E-state index contributed by atoms with van der Waals surface area (Å²) in [6.07, 6.45) is 3.47. The first-order chi connectivity index (χ1) is 14.2. The van der Waals surface area contributed by atoms with Crippen LogP contribution in [0.4, 0.5) is 0 Å². The Morgan fingerprint density at radius 1 is 1.17 bits per heavy atom. The fourth-order valence-corrected chi connectivity index (χ4v) is 4.87. The topological polar surface area (TPSA) is 45.2 Å². The Labute approximate surface area is 176 Å². The molecule has 1 unspecified atom stereocenters. The first-order valence-electron chi connectivity index (χ1n) is 10.2. The van der Waals surface area contributed by atoms with Crippen LogP contribution in [-0.4, -0.2) is 35.4 Å². The Balaban J connectivity index is 1.50. The lowest BCUT2D eigenvalue weighted by Crippen LogP contribution is -2.44. The minimum Gasteiger partial charge on any atom is -0.356 e. The van der Waals surface area contributed by atoms with Crippen molar-refractivity contribution in [1.82, 2.24) is 15.2 Å². The molecule has 1 saturated heterocycles. The van der Waals surface area contributed by atoms with Crippen LogP contribution in [0, 0.1) is 5.41 Å². The molecule has 2 aromatic heterocycles.